The molecule has 0 radical (unpaired) electrons. The molecule has 1 aromatic rings. The van der Waals surface area contributed by atoms with Gasteiger partial charge in [0.1, 0.15) is 5.25 Å². The monoisotopic (exact) mass is 345 g/mol. The van der Waals surface area contributed by atoms with Crippen LogP contribution in [0.3, 0.4) is 0 Å². The van der Waals surface area contributed by atoms with Crippen LogP contribution in [0.5, 0.6) is 0 Å². The molecule has 0 spiro atoms. The van der Waals surface area contributed by atoms with Crippen LogP contribution in [0.15, 0.2) is 35.1 Å². The first-order valence-corrected chi connectivity index (χ1v) is 8.51. The lowest BCUT2D eigenvalue weighted by Crippen LogP contribution is -2.44. The molecule has 2 atom stereocenters. The summed E-state index contributed by atoms with van der Waals surface area (Å²) >= 11 is 1.10. The minimum absolute atomic E-state index is 0.311. The number of carbonyl (C=O) groups excluding carboxylic acids is 2. The molecule has 2 rings (SSSR count). The molecule has 0 aromatic carbocycles. The van der Waals surface area contributed by atoms with Crippen LogP contribution in [0.4, 0.5) is 4.79 Å². The molecule has 0 fully saturated rings. The molecular weight excluding hydrogens is 326 g/mol. The fourth-order valence-electron chi connectivity index (χ4n) is 2.42. The molecule has 4 N–H and O–H groups in total. The number of pyridine rings is 1. The summed E-state index contributed by atoms with van der Waals surface area (Å²) in [4.78, 5) is 28.2. The summed E-state index contributed by atoms with van der Waals surface area (Å²) in [7, 11) is 0. The van der Waals surface area contributed by atoms with Crippen LogP contribution in [-0.2, 0) is 4.79 Å². The first kappa shape index (κ1) is 17.8. The third-order valence-corrected chi connectivity index (χ3v) is 4.84. The van der Waals surface area contributed by atoms with Crippen molar-refractivity contribution in [3.63, 3.8) is 0 Å². The maximum Gasteiger partial charge on any atom is 0.321 e. The molecule has 2 heterocycles. The van der Waals surface area contributed by atoms with Gasteiger partial charge >= 0.3 is 6.03 Å². The fraction of sp³-hybridized carbons (Fsp3) is 0.375. The zero-order valence-corrected chi connectivity index (χ0v) is 14.1. The van der Waals surface area contributed by atoms with Gasteiger partial charge in [0, 0.05) is 24.9 Å². The van der Waals surface area contributed by atoms with Crippen molar-refractivity contribution in [2.24, 2.45) is 5.73 Å². The van der Waals surface area contributed by atoms with Gasteiger partial charge < -0.3 is 11.1 Å². The largest absolute Gasteiger partial charge is 0.393 e. The Balaban J connectivity index is 2.13. The van der Waals surface area contributed by atoms with Crippen molar-refractivity contribution in [2.45, 2.75) is 30.9 Å². The van der Waals surface area contributed by atoms with Gasteiger partial charge in [0.25, 0.3) is 0 Å². The molecule has 1 aliphatic rings. The Bertz CT molecular complexity index is 683. The number of rotatable bonds is 5. The van der Waals surface area contributed by atoms with E-state index < -0.39 is 23.1 Å². The number of nitrogens with zero attached hydrogens (tertiary/aromatic N) is 2. The highest BCUT2D eigenvalue weighted by atomic mass is 32.2. The lowest BCUT2D eigenvalue weighted by Gasteiger charge is -2.19. The molecule has 0 bridgehead atoms. The summed E-state index contributed by atoms with van der Waals surface area (Å²) in [6.45, 7) is 2.52. The molecule has 0 saturated carbocycles. The standard InChI is InChI=1S/C16H19N5O2S/c1-2-3-6-20-16(23)21-15(22)13-12(10-4-7-19-8-5-10)11(9-17)14(18)24-13/h4-5,7-8,12-13H,2-3,6,18H2,1H3,(H2,20,21,22,23). The summed E-state index contributed by atoms with van der Waals surface area (Å²) in [5.41, 5.74) is 7.01. The van der Waals surface area contributed by atoms with Crippen molar-refractivity contribution in [1.82, 2.24) is 15.6 Å². The summed E-state index contributed by atoms with van der Waals surface area (Å²) in [6, 6.07) is 5.02. The van der Waals surface area contributed by atoms with Gasteiger partial charge in [0.05, 0.1) is 16.7 Å². The number of hydrogen-bond acceptors (Lipinski definition) is 6. The number of carbonyl (C=O) groups is 2. The SMILES string of the molecule is CCCCNC(=O)NC(=O)C1SC(N)=C(C#N)C1c1ccncc1. The summed E-state index contributed by atoms with van der Waals surface area (Å²) in [5, 5.41) is 14.0. The number of allylic oxidation sites excluding steroid dienone is 1. The van der Waals surface area contributed by atoms with Crippen molar-refractivity contribution in [2.75, 3.05) is 6.54 Å². The Morgan fingerprint density at radius 1 is 1.42 bits per heavy atom. The maximum atomic E-state index is 12.5. The van der Waals surface area contributed by atoms with Gasteiger partial charge in [-0.2, -0.15) is 5.26 Å². The van der Waals surface area contributed by atoms with Gasteiger partial charge in [-0.1, -0.05) is 25.1 Å². The number of amides is 3. The number of urea groups is 1. The predicted octanol–water partition coefficient (Wildman–Crippen LogP) is 1.60. The Morgan fingerprint density at radius 3 is 2.75 bits per heavy atom. The minimum atomic E-state index is -0.668. The first-order valence-electron chi connectivity index (χ1n) is 7.63. The lowest BCUT2D eigenvalue weighted by atomic mass is 9.89. The Labute approximate surface area is 144 Å². The van der Waals surface area contributed by atoms with Crippen LogP contribution in [0, 0.1) is 11.3 Å². The smallest absolute Gasteiger partial charge is 0.321 e. The highest BCUT2D eigenvalue weighted by Crippen LogP contribution is 2.45. The Morgan fingerprint density at radius 2 is 2.12 bits per heavy atom. The van der Waals surface area contributed by atoms with E-state index in [-0.39, 0.29) is 0 Å². The van der Waals surface area contributed by atoms with Crippen LogP contribution in [0.2, 0.25) is 0 Å². The highest BCUT2D eigenvalue weighted by molar-refractivity contribution is 8.04. The molecule has 7 nitrogen and oxygen atoms in total. The van der Waals surface area contributed by atoms with E-state index in [1.807, 2.05) is 6.92 Å². The average molecular weight is 345 g/mol. The number of nitriles is 1. The molecule has 8 heteroatoms. The van der Waals surface area contributed by atoms with E-state index in [1.165, 1.54) is 0 Å². The van der Waals surface area contributed by atoms with E-state index in [0.717, 1.165) is 30.2 Å². The van der Waals surface area contributed by atoms with E-state index in [0.29, 0.717) is 17.1 Å². The van der Waals surface area contributed by atoms with E-state index in [4.69, 9.17) is 5.73 Å². The Hall–Kier alpha value is -2.53. The quantitative estimate of drug-likeness (QED) is 0.697. The van der Waals surface area contributed by atoms with Crippen LogP contribution >= 0.6 is 11.8 Å². The number of unbranched alkanes of at least 4 members (excludes halogenated alkanes) is 1. The van der Waals surface area contributed by atoms with E-state index in [9.17, 15) is 14.9 Å². The molecule has 2 unspecified atom stereocenters. The summed E-state index contributed by atoms with van der Waals surface area (Å²) in [5.74, 6) is -0.963. The molecular formula is C16H19N5O2S. The zero-order valence-electron chi connectivity index (χ0n) is 13.3. The average Bonchev–Trinajstić information content (AvgIpc) is 2.92. The second kappa shape index (κ2) is 8.36. The van der Waals surface area contributed by atoms with Crippen molar-refractivity contribution < 1.29 is 9.59 Å². The summed E-state index contributed by atoms with van der Waals surface area (Å²) < 4.78 is 0. The number of nitrogens with one attached hydrogen (secondary N) is 2. The summed E-state index contributed by atoms with van der Waals surface area (Å²) in [6.07, 6.45) is 4.97. The molecule has 0 aliphatic carbocycles. The second-order valence-corrected chi connectivity index (χ2v) is 6.47. The van der Waals surface area contributed by atoms with E-state index >= 15 is 0 Å². The van der Waals surface area contributed by atoms with Gasteiger partial charge in [-0.05, 0) is 24.1 Å². The molecule has 0 saturated heterocycles. The molecule has 1 aromatic heterocycles. The van der Waals surface area contributed by atoms with Crippen LogP contribution in [0.25, 0.3) is 0 Å². The van der Waals surface area contributed by atoms with Gasteiger partial charge in [0.15, 0.2) is 0 Å². The van der Waals surface area contributed by atoms with Gasteiger partial charge in [-0.25, -0.2) is 4.79 Å². The number of thioether (sulfide) groups is 1. The topological polar surface area (TPSA) is 121 Å². The lowest BCUT2D eigenvalue weighted by molar-refractivity contribution is -0.119. The molecule has 1 aliphatic heterocycles. The normalized spacial score (nSPS) is 19.7. The van der Waals surface area contributed by atoms with E-state index in [1.54, 1.807) is 24.5 Å². The van der Waals surface area contributed by atoms with Crippen molar-refractivity contribution in [3.05, 3.63) is 40.7 Å². The van der Waals surface area contributed by atoms with E-state index in [2.05, 4.69) is 21.7 Å². The van der Waals surface area contributed by atoms with Crippen LogP contribution in [0.1, 0.15) is 31.2 Å². The fourth-order valence-corrected chi connectivity index (χ4v) is 3.59. The number of imide groups is 1. The van der Waals surface area contributed by atoms with Crippen molar-refractivity contribution >= 4 is 23.7 Å². The second-order valence-electron chi connectivity index (χ2n) is 5.29. The third-order valence-electron chi connectivity index (χ3n) is 3.63. The minimum Gasteiger partial charge on any atom is -0.393 e. The zero-order chi connectivity index (χ0) is 17.5. The highest BCUT2D eigenvalue weighted by Gasteiger charge is 2.41. The maximum absolute atomic E-state index is 12.5. The number of nitrogens with two attached hydrogens (primary N) is 1. The predicted molar refractivity (Wildman–Crippen MR) is 91.6 cm³/mol. The first-order chi connectivity index (χ1) is 11.6. The number of hydrogen-bond donors (Lipinski definition) is 3. The molecule has 24 heavy (non-hydrogen) atoms. The van der Waals surface area contributed by atoms with Crippen LogP contribution < -0.4 is 16.4 Å². The Kier molecular flexibility index (Phi) is 6.21. The van der Waals surface area contributed by atoms with Crippen LogP contribution in [-0.4, -0.2) is 28.7 Å². The number of aromatic nitrogens is 1. The molecule has 126 valence electrons. The van der Waals surface area contributed by atoms with Gasteiger partial charge in [0.2, 0.25) is 5.91 Å². The third kappa shape index (κ3) is 4.06. The van der Waals surface area contributed by atoms with Gasteiger partial charge in [-0.15, -0.1) is 0 Å². The van der Waals surface area contributed by atoms with Crippen molar-refractivity contribution in [1.29, 1.82) is 5.26 Å². The van der Waals surface area contributed by atoms with Crippen molar-refractivity contribution in [3.8, 4) is 6.07 Å². The molecule has 3 amide bonds. The van der Waals surface area contributed by atoms with Gasteiger partial charge in [-0.3, -0.25) is 15.1 Å².